The summed E-state index contributed by atoms with van der Waals surface area (Å²) in [6.07, 6.45) is 3.30. The van der Waals surface area contributed by atoms with Gasteiger partial charge >= 0.3 is 0 Å². The molecule has 5 heteroatoms. The number of unbranched alkanes of at least 4 members (excludes halogenated alkanes) is 1. The zero-order chi connectivity index (χ0) is 13.7. The number of hydrogen-bond donors (Lipinski definition) is 3. The van der Waals surface area contributed by atoms with E-state index in [4.69, 9.17) is 11.5 Å². The predicted octanol–water partition coefficient (Wildman–Crippen LogP) is 1.02. The fraction of sp³-hybridized carbons (Fsp3) is 0.833. The van der Waals surface area contributed by atoms with E-state index in [0.29, 0.717) is 13.0 Å². The van der Waals surface area contributed by atoms with Crippen LogP contribution in [0.1, 0.15) is 46.5 Å². The number of rotatable bonds is 8. The van der Waals surface area contributed by atoms with Crippen molar-refractivity contribution < 1.29 is 4.79 Å². The fourth-order valence-corrected chi connectivity index (χ4v) is 1.38. The van der Waals surface area contributed by atoms with E-state index in [9.17, 15) is 4.79 Å². The van der Waals surface area contributed by atoms with Crippen molar-refractivity contribution in [3.8, 4) is 0 Å². The van der Waals surface area contributed by atoms with Crippen molar-refractivity contribution in [1.29, 1.82) is 0 Å². The topological polar surface area (TPSA) is 93.5 Å². The van der Waals surface area contributed by atoms with E-state index in [-0.39, 0.29) is 17.8 Å². The van der Waals surface area contributed by atoms with Crippen LogP contribution in [0.4, 0.5) is 0 Å². The Balaban J connectivity index is 0. The van der Waals surface area contributed by atoms with Crippen molar-refractivity contribution in [3.63, 3.8) is 0 Å². The van der Waals surface area contributed by atoms with Crippen LogP contribution >= 0.6 is 0 Å². The van der Waals surface area contributed by atoms with Gasteiger partial charge in [0.25, 0.3) is 0 Å². The highest BCUT2D eigenvalue weighted by Gasteiger charge is 2.12. The summed E-state index contributed by atoms with van der Waals surface area (Å²) in [5.74, 6) is 0.393. The molecule has 0 radical (unpaired) electrons. The Labute approximate surface area is 105 Å². The number of guanidine groups is 1. The van der Waals surface area contributed by atoms with E-state index in [0.717, 1.165) is 19.3 Å². The summed E-state index contributed by atoms with van der Waals surface area (Å²) in [5.41, 5.74) is 10.4. The monoisotopic (exact) mass is 244 g/mol. The van der Waals surface area contributed by atoms with Crippen molar-refractivity contribution in [3.05, 3.63) is 0 Å². The first-order chi connectivity index (χ1) is 8.11. The molecule has 1 unspecified atom stereocenters. The van der Waals surface area contributed by atoms with Gasteiger partial charge in [0, 0.05) is 13.0 Å². The predicted molar refractivity (Wildman–Crippen MR) is 74.0 cm³/mol. The summed E-state index contributed by atoms with van der Waals surface area (Å²) in [7, 11) is 1.81. The highest BCUT2D eigenvalue weighted by atomic mass is 16.1. The molecule has 0 spiro atoms. The summed E-state index contributed by atoms with van der Waals surface area (Å²) in [6.45, 7) is 6.52. The van der Waals surface area contributed by atoms with Gasteiger partial charge in [-0.2, -0.15) is 0 Å². The minimum Gasteiger partial charge on any atom is -0.370 e. The molecule has 1 atom stereocenters. The SMILES string of the molecule is CC.CCC(=O)C(CCCCN=C(N)N)NC. The third-order valence-electron chi connectivity index (χ3n) is 2.28. The number of Topliss-reactive ketones (excluding diaryl/α,β-unsaturated/α-hetero) is 1. The molecule has 0 saturated carbocycles. The first kappa shape index (κ1) is 18.3. The van der Waals surface area contributed by atoms with Crippen molar-refractivity contribution in [2.24, 2.45) is 16.5 Å². The average molecular weight is 244 g/mol. The second kappa shape index (κ2) is 13.0. The van der Waals surface area contributed by atoms with Crippen LogP contribution < -0.4 is 16.8 Å². The third kappa shape index (κ3) is 11.2. The van der Waals surface area contributed by atoms with E-state index in [2.05, 4.69) is 10.3 Å². The number of nitrogens with two attached hydrogens (primary N) is 2. The Hall–Kier alpha value is -1.10. The number of carbonyl (C=O) groups excluding carboxylic acids is 1. The van der Waals surface area contributed by atoms with E-state index >= 15 is 0 Å². The van der Waals surface area contributed by atoms with Gasteiger partial charge in [0.1, 0.15) is 5.78 Å². The van der Waals surface area contributed by atoms with Gasteiger partial charge in [0.2, 0.25) is 0 Å². The van der Waals surface area contributed by atoms with Crippen LogP contribution in [-0.2, 0) is 4.79 Å². The maximum absolute atomic E-state index is 11.4. The quantitative estimate of drug-likeness (QED) is 0.337. The molecule has 0 aliphatic heterocycles. The molecule has 0 aliphatic carbocycles. The first-order valence-electron chi connectivity index (χ1n) is 6.37. The highest BCUT2D eigenvalue weighted by molar-refractivity contribution is 5.83. The van der Waals surface area contributed by atoms with Crippen LogP contribution in [0.15, 0.2) is 4.99 Å². The molecule has 5 N–H and O–H groups in total. The Kier molecular flexibility index (Phi) is 13.9. The molecule has 0 rings (SSSR count). The average Bonchev–Trinajstić information content (AvgIpc) is 2.35. The largest absolute Gasteiger partial charge is 0.370 e. The summed E-state index contributed by atoms with van der Waals surface area (Å²) in [6, 6.07) is -0.0193. The minimum atomic E-state index is -0.0193. The van der Waals surface area contributed by atoms with E-state index in [1.807, 2.05) is 27.8 Å². The van der Waals surface area contributed by atoms with Crippen LogP contribution in [0, 0.1) is 0 Å². The molecule has 5 nitrogen and oxygen atoms in total. The number of likely N-dealkylation sites (N-methyl/N-ethyl adjacent to an activating group) is 1. The van der Waals surface area contributed by atoms with Gasteiger partial charge in [-0.1, -0.05) is 20.8 Å². The molecule has 0 aromatic carbocycles. The summed E-state index contributed by atoms with van der Waals surface area (Å²) in [5, 5.41) is 3.02. The van der Waals surface area contributed by atoms with Crippen LogP contribution in [0.2, 0.25) is 0 Å². The Bertz CT molecular complexity index is 213. The van der Waals surface area contributed by atoms with E-state index in [1.165, 1.54) is 0 Å². The molecule has 0 amide bonds. The van der Waals surface area contributed by atoms with Crippen molar-refractivity contribution in [2.45, 2.75) is 52.5 Å². The Morgan fingerprint density at radius 1 is 1.29 bits per heavy atom. The van der Waals surface area contributed by atoms with Gasteiger partial charge in [-0.15, -0.1) is 0 Å². The second-order valence-corrected chi connectivity index (χ2v) is 3.46. The maximum Gasteiger partial charge on any atom is 0.185 e. The molecule has 0 fully saturated rings. The Morgan fingerprint density at radius 2 is 1.88 bits per heavy atom. The summed E-state index contributed by atoms with van der Waals surface area (Å²) >= 11 is 0. The van der Waals surface area contributed by atoms with Crippen LogP contribution in [0.25, 0.3) is 0 Å². The van der Waals surface area contributed by atoms with Gasteiger partial charge < -0.3 is 16.8 Å². The lowest BCUT2D eigenvalue weighted by molar-refractivity contribution is -0.120. The zero-order valence-electron chi connectivity index (χ0n) is 11.6. The molecule has 0 saturated heterocycles. The zero-order valence-corrected chi connectivity index (χ0v) is 11.6. The summed E-state index contributed by atoms with van der Waals surface area (Å²) < 4.78 is 0. The van der Waals surface area contributed by atoms with Gasteiger partial charge in [-0.05, 0) is 26.3 Å². The number of hydrogen-bond acceptors (Lipinski definition) is 3. The molecule has 0 heterocycles. The molecule has 0 aliphatic rings. The lowest BCUT2D eigenvalue weighted by Gasteiger charge is -2.13. The van der Waals surface area contributed by atoms with Crippen molar-refractivity contribution >= 4 is 11.7 Å². The molecule has 0 aromatic rings. The minimum absolute atomic E-state index is 0.0193. The molecular weight excluding hydrogens is 216 g/mol. The molecule has 17 heavy (non-hydrogen) atoms. The Morgan fingerprint density at radius 3 is 2.29 bits per heavy atom. The normalized spacial score (nSPS) is 11.1. The van der Waals surface area contributed by atoms with Gasteiger partial charge in [-0.3, -0.25) is 9.79 Å². The lowest BCUT2D eigenvalue weighted by atomic mass is 10.0. The number of nitrogens with one attached hydrogen (secondary N) is 1. The molecule has 102 valence electrons. The van der Waals surface area contributed by atoms with Crippen LogP contribution in [-0.4, -0.2) is 31.4 Å². The fourth-order valence-electron chi connectivity index (χ4n) is 1.38. The van der Waals surface area contributed by atoms with Crippen LogP contribution in [0.5, 0.6) is 0 Å². The van der Waals surface area contributed by atoms with E-state index < -0.39 is 0 Å². The number of nitrogens with zero attached hydrogens (tertiary/aromatic N) is 1. The number of carbonyl (C=O) groups is 1. The maximum atomic E-state index is 11.4. The number of ketones is 1. The van der Waals surface area contributed by atoms with E-state index in [1.54, 1.807) is 0 Å². The smallest absolute Gasteiger partial charge is 0.185 e. The third-order valence-corrected chi connectivity index (χ3v) is 2.28. The summed E-state index contributed by atoms with van der Waals surface area (Å²) in [4.78, 5) is 15.3. The van der Waals surface area contributed by atoms with Crippen molar-refractivity contribution in [2.75, 3.05) is 13.6 Å². The molecule has 0 bridgehead atoms. The number of aliphatic imine (C=N–C) groups is 1. The first-order valence-corrected chi connectivity index (χ1v) is 6.37. The lowest BCUT2D eigenvalue weighted by Crippen LogP contribution is -2.33. The highest BCUT2D eigenvalue weighted by Crippen LogP contribution is 2.03. The van der Waals surface area contributed by atoms with Crippen molar-refractivity contribution in [1.82, 2.24) is 5.32 Å². The van der Waals surface area contributed by atoms with Gasteiger partial charge in [0.05, 0.1) is 6.04 Å². The van der Waals surface area contributed by atoms with Gasteiger partial charge in [0.15, 0.2) is 5.96 Å². The van der Waals surface area contributed by atoms with Crippen LogP contribution in [0.3, 0.4) is 0 Å². The van der Waals surface area contributed by atoms with Gasteiger partial charge in [-0.25, -0.2) is 0 Å². The standard InChI is InChI=1S/C10H22N4O.C2H6/c1-3-9(15)8(13-2)6-4-5-7-14-10(11)12;1-2/h8,13H,3-7H2,1-2H3,(H4,11,12,14);1-2H3. The molecule has 0 aromatic heterocycles. The molecular formula is C12H28N4O. The second-order valence-electron chi connectivity index (χ2n) is 3.46.